The summed E-state index contributed by atoms with van der Waals surface area (Å²) in [4.78, 5) is 47.6. The molecule has 0 atom stereocenters. The number of hydrogen-bond acceptors (Lipinski definition) is 7. The van der Waals surface area contributed by atoms with E-state index >= 15 is 0 Å². The number of anilines is 1. The number of carbonyl (C=O) groups is 4. The van der Waals surface area contributed by atoms with Crippen LogP contribution in [0.4, 0.5) is 5.69 Å². The number of amides is 3. The lowest BCUT2D eigenvalue weighted by Gasteiger charge is -2.13. The summed E-state index contributed by atoms with van der Waals surface area (Å²) in [6, 6.07) is 4.88. The van der Waals surface area contributed by atoms with E-state index in [0.717, 1.165) is 4.90 Å². The number of likely N-dealkylation sites (tertiary alicyclic amines) is 1. The fraction of sp³-hybridized carbons (Fsp3) is 0.412. The highest BCUT2D eigenvalue weighted by Crippen LogP contribution is 2.28. The maximum atomic E-state index is 11.9. The summed E-state index contributed by atoms with van der Waals surface area (Å²) in [7, 11) is 2.95. The quantitative estimate of drug-likeness (QED) is 0.534. The van der Waals surface area contributed by atoms with E-state index in [1.165, 1.54) is 14.2 Å². The van der Waals surface area contributed by atoms with Crippen molar-refractivity contribution in [1.29, 1.82) is 0 Å². The summed E-state index contributed by atoms with van der Waals surface area (Å²) >= 11 is 0. The van der Waals surface area contributed by atoms with Crippen molar-refractivity contribution in [1.82, 2.24) is 4.90 Å². The molecule has 0 aromatic heterocycles. The molecule has 1 aliphatic heterocycles. The van der Waals surface area contributed by atoms with Gasteiger partial charge in [0.2, 0.25) is 11.8 Å². The van der Waals surface area contributed by atoms with Gasteiger partial charge in [-0.2, -0.15) is 0 Å². The summed E-state index contributed by atoms with van der Waals surface area (Å²) < 4.78 is 15.1. The largest absolute Gasteiger partial charge is 0.497 e. The Morgan fingerprint density at radius 2 is 1.81 bits per heavy atom. The highest BCUT2D eigenvalue weighted by Gasteiger charge is 2.29. The van der Waals surface area contributed by atoms with Gasteiger partial charge in [-0.25, -0.2) is 0 Å². The van der Waals surface area contributed by atoms with Crippen molar-refractivity contribution in [3.05, 3.63) is 18.2 Å². The molecule has 1 fully saturated rings. The van der Waals surface area contributed by atoms with E-state index in [9.17, 15) is 19.2 Å². The number of rotatable bonds is 8. The second kappa shape index (κ2) is 8.84. The Kier molecular flexibility index (Phi) is 6.54. The molecule has 1 aromatic rings. The molecule has 26 heavy (non-hydrogen) atoms. The molecule has 0 radical (unpaired) electrons. The zero-order valence-electron chi connectivity index (χ0n) is 14.6. The van der Waals surface area contributed by atoms with Crippen LogP contribution in [0.1, 0.15) is 19.3 Å². The molecule has 0 unspecified atom stereocenters. The average molecular weight is 364 g/mol. The molecular weight excluding hydrogens is 344 g/mol. The first-order chi connectivity index (χ1) is 12.4. The molecule has 3 amide bonds. The van der Waals surface area contributed by atoms with Crippen LogP contribution >= 0.6 is 0 Å². The van der Waals surface area contributed by atoms with Crippen molar-refractivity contribution >= 4 is 29.4 Å². The van der Waals surface area contributed by atoms with Crippen LogP contribution < -0.4 is 14.8 Å². The topological polar surface area (TPSA) is 111 Å². The van der Waals surface area contributed by atoms with E-state index in [4.69, 9.17) is 14.2 Å². The lowest BCUT2D eigenvalue weighted by Crippen LogP contribution is -2.32. The van der Waals surface area contributed by atoms with E-state index in [1.807, 2.05) is 0 Å². The minimum Gasteiger partial charge on any atom is -0.497 e. The van der Waals surface area contributed by atoms with E-state index < -0.39 is 18.5 Å². The summed E-state index contributed by atoms with van der Waals surface area (Å²) in [5, 5.41) is 2.56. The molecule has 1 heterocycles. The molecule has 2 rings (SSSR count). The number of benzene rings is 1. The van der Waals surface area contributed by atoms with Crippen LogP contribution in [0.5, 0.6) is 11.5 Å². The number of esters is 1. The van der Waals surface area contributed by atoms with Gasteiger partial charge in [0, 0.05) is 25.5 Å². The van der Waals surface area contributed by atoms with Gasteiger partial charge in [-0.3, -0.25) is 24.1 Å². The Balaban J connectivity index is 1.80. The Morgan fingerprint density at radius 1 is 1.12 bits per heavy atom. The molecule has 0 aliphatic carbocycles. The molecule has 9 nitrogen and oxygen atoms in total. The average Bonchev–Trinajstić information content (AvgIpc) is 2.96. The fourth-order valence-corrected chi connectivity index (χ4v) is 2.39. The van der Waals surface area contributed by atoms with Crippen LogP contribution in [0.3, 0.4) is 0 Å². The summed E-state index contributed by atoms with van der Waals surface area (Å²) in [6.45, 7) is -0.539. The SMILES string of the molecule is COc1ccc(OC)c(NC(=O)COC(=O)CCN2C(=O)CCC2=O)c1. The highest BCUT2D eigenvalue weighted by molar-refractivity contribution is 6.02. The second-order valence-corrected chi connectivity index (χ2v) is 5.46. The number of hydrogen-bond donors (Lipinski definition) is 1. The third-order valence-corrected chi connectivity index (χ3v) is 3.74. The third kappa shape index (κ3) is 4.95. The van der Waals surface area contributed by atoms with Crippen molar-refractivity contribution in [3.63, 3.8) is 0 Å². The Morgan fingerprint density at radius 3 is 2.42 bits per heavy atom. The van der Waals surface area contributed by atoms with Crippen molar-refractivity contribution in [2.24, 2.45) is 0 Å². The van der Waals surface area contributed by atoms with Gasteiger partial charge in [0.1, 0.15) is 11.5 Å². The van der Waals surface area contributed by atoms with Gasteiger partial charge < -0.3 is 19.5 Å². The minimum absolute atomic E-state index is 0.0399. The monoisotopic (exact) mass is 364 g/mol. The van der Waals surface area contributed by atoms with Gasteiger partial charge in [0.15, 0.2) is 6.61 Å². The van der Waals surface area contributed by atoms with Crippen LogP contribution in [0.25, 0.3) is 0 Å². The number of ether oxygens (including phenoxy) is 3. The second-order valence-electron chi connectivity index (χ2n) is 5.46. The first-order valence-electron chi connectivity index (χ1n) is 7.95. The van der Waals surface area contributed by atoms with E-state index in [1.54, 1.807) is 18.2 Å². The summed E-state index contributed by atoms with van der Waals surface area (Å²) in [6.07, 6.45) is 0.171. The van der Waals surface area contributed by atoms with Crippen molar-refractivity contribution in [2.45, 2.75) is 19.3 Å². The maximum Gasteiger partial charge on any atom is 0.308 e. The summed E-state index contributed by atoms with van der Waals surface area (Å²) in [5.74, 6) is -0.880. The van der Waals surface area contributed by atoms with E-state index in [2.05, 4.69) is 5.32 Å². The van der Waals surface area contributed by atoms with E-state index in [0.29, 0.717) is 17.2 Å². The Hall–Kier alpha value is -3.10. The Bertz CT molecular complexity index is 701. The molecule has 140 valence electrons. The zero-order chi connectivity index (χ0) is 19.1. The maximum absolute atomic E-state index is 11.9. The first-order valence-corrected chi connectivity index (χ1v) is 7.95. The lowest BCUT2D eigenvalue weighted by molar-refractivity contribution is -0.148. The van der Waals surface area contributed by atoms with Crippen LogP contribution in [0.2, 0.25) is 0 Å². The van der Waals surface area contributed by atoms with Crippen molar-refractivity contribution < 1.29 is 33.4 Å². The normalized spacial score (nSPS) is 13.5. The predicted molar refractivity (Wildman–Crippen MR) is 89.7 cm³/mol. The molecule has 0 saturated carbocycles. The van der Waals surface area contributed by atoms with Crippen molar-refractivity contribution in [3.8, 4) is 11.5 Å². The van der Waals surface area contributed by atoms with E-state index in [-0.39, 0.29) is 37.6 Å². The van der Waals surface area contributed by atoms with Gasteiger partial charge in [-0.05, 0) is 12.1 Å². The molecule has 1 aromatic carbocycles. The fourth-order valence-electron chi connectivity index (χ4n) is 2.39. The van der Waals surface area contributed by atoms with Gasteiger partial charge in [0.05, 0.1) is 26.3 Å². The third-order valence-electron chi connectivity index (χ3n) is 3.74. The van der Waals surface area contributed by atoms with Crippen LogP contribution in [0, 0.1) is 0 Å². The van der Waals surface area contributed by atoms with Crippen LogP contribution in [-0.2, 0) is 23.9 Å². The number of methoxy groups -OCH3 is 2. The molecule has 9 heteroatoms. The van der Waals surface area contributed by atoms with Crippen LogP contribution in [0.15, 0.2) is 18.2 Å². The molecule has 0 bridgehead atoms. The minimum atomic E-state index is -0.676. The number of nitrogens with zero attached hydrogens (tertiary/aromatic N) is 1. The molecule has 1 saturated heterocycles. The molecular formula is C17H20N2O7. The van der Waals surface area contributed by atoms with Crippen molar-refractivity contribution in [2.75, 3.05) is 32.7 Å². The lowest BCUT2D eigenvalue weighted by atomic mass is 10.2. The number of imide groups is 1. The van der Waals surface area contributed by atoms with Gasteiger partial charge in [-0.1, -0.05) is 0 Å². The smallest absolute Gasteiger partial charge is 0.308 e. The first kappa shape index (κ1) is 19.2. The van der Waals surface area contributed by atoms with Gasteiger partial charge >= 0.3 is 5.97 Å². The summed E-state index contributed by atoms with van der Waals surface area (Å²) in [5.41, 5.74) is 0.376. The molecule has 1 aliphatic rings. The standard InChI is InChI=1S/C17H20N2O7/c1-24-11-3-4-13(25-2)12(9-11)18-14(20)10-26-17(23)7-8-19-15(21)5-6-16(19)22/h3-4,9H,5-8,10H2,1-2H3,(H,18,20). The molecule has 0 spiro atoms. The Labute approximate surface area is 150 Å². The number of nitrogens with one attached hydrogen (secondary N) is 1. The number of carbonyl (C=O) groups excluding carboxylic acids is 4. The zero-order valence-corrected chi connectivity index (χ0v) is 14.6. The molecule has 1 N–H and O–H groups in total. The predicted octanol–water partition coefficient (Wildman–Crippen LogP) is 0.725. The van der Waals surface area contributed by atoms with Crippen LogP contribution in [-0.4, -0.2) is 56.0 Å². The van der Waals surface area contributed by atoms with Gasteiger partial charge in [0.25, 0.3) is 5.91 Å². The highest BCUT2D eigenvalue weighted by atomic mass is 16.5. The van der Waals surface area contributed by atoms with Gasteiger partial charge in [-0.15, -0.1) is 0 Å².